The molecular formula is C11H19N3O6. The molecule has 0 bridgehead atoms. The molecule has 114 valence electrons. The Morgan fingerprint density at radius 3 is 2.05 bits per heavy atom. The van der Waals surface area contributed by atoms with E-state index in [-0.39, 0.29) is 6.42 Å². The molecule has 1 unspecified atom stereocenters. The smallest absolute Gasteiger partial charge is 0.334 e. The molecule has 1 aromatic heterocycles. The lowest BCUT2D eigenvalue weighted by Gasteiger charge is -2.35. The number of aliphatic hydroxyl groups is 3. The lowest BCUT2D eigenvalue weighted by molar-refractivity contribution is -0.0522. The molecule has 0 fully saturated rings. The highest BCUT2D eigenvalue weighted by atomic mass is 16.3. The Morgan fingerprint density at radius 2 is 1.65 bits per heavy atom. The average molecular weight is 289 g/mol. The van der Waals surface area contributed by atoms with Crippen LogP contribution in [-0.4, -0.2) is 49.2 Å². The second kappa shape index (κ2) is 6.64. The average Bonchev–Trinajstić information content (AvgIpc) is 2.40. The van der Waals surface area contributed by atoms with Gasteiger partial charge in [-0.1, -0.05) is 19.8 Å². The highest BCUT2D eigenvalue weighted by Crippen LogP contribution is 2.21. The summed E-state index contributed by atoms with van der Waals surface area (Å²) in [6.07, 6.45) is 0.199. The topological polar surface area (TPSA) is 148 Å². The number of hydrogen-bond acceptors (Lipinski definition) is 6. The summed E-state index contributed by atoms with van der Waals surface area (Å²) in [5.41, 5.74) is -5.08. The maximum Gasteiger partial charge on any atom is 0.334 e. The fourth-order valence-electron chi connectivity index (χ4n) is 2.05. The first kappa shape index (κ1) is 16.3. The van der Waals surface area contributed by atoms with E-state index in [9.17, 15) is 29.7 Å². The van der Waals surface area contributed by atoms with Crippen molar-refractivity contribution in [3.8, 4) is 0 Å². The zero-order valence-electron chi connectivity index (χ0n) is 11.1. The molecule has 5 N–H and O–H groups in total. The van der Waals surface area contributed by atoms with Crippen LogP contribution in [0.5, 0.6) is 0 Å². The first-order valence-electron chi connectivity index (χ1n) is 6.28. The number of aliphatic hydroxyl groups excluding tert-OH is 3. The number of aromatic nitrogens is 3. The molecule has 1 rings (SSSR count). The fraction of sp³-hybridized carbons (Fsp3) is 0.727. The first-order valence-corrected chi connectivity index (χ1v) is 6.28. The molecule has 0 radical (unpaired) electrons. The van der Waals surface area contributed by atoms with E-state index >= 15 is 0 Å². The van der Waals surface area contributed by atoms with Crippen LogP contribution in [0.1, 0.15) is 26.2 Å². The van der Waals surface area contributed by atoms with Gasteiger partial charge in [0.15, 0.2) is 0 Å². The second-order valence-corrected chi connectivity index (χ2v) is 4.60. The molecule has 1 aromatic rings. The molecule has 20 heavy (non-hydrogen) atoms. The van der Waals surface area contributed by atoms with Gasteiger partial charge in [-0.05, 0) is 6.42 Å². The Kier molecular flexibility index (Phi) is 5.43. The standard InChI is InChI=1S/C11H19N3O6/c1-2-3-4-7(17)11(5-15,6-16)14-9(19)12-8(18)13-10(14)20/h7,15-17H,2-6H2,1H3,(H2,12,13,18,19,20). The molecule has 9 heteroatoms. The summed E-state index contributed by atoms with van der Waals surface area (Å²) < 4.78 is 0.453. The van der Waals surface area contributed by atoms with Gasteiger partial charge in [-0.25, -0.2) is 19.0 Å². The molecule has 0 saturated carbocycles. The second-order valence-electron chi connectivity index (χ2n) is 4.60. The van der Waals surface area contributed by atoms with E-state index in [1.165, 1.54) is 0 Å². The summed E-state index contributed by atoms with van der Waals surface area (Å²) in [5, 5.41) is 29.1. The quantitative estimate of drug-likeness (QED) is 0.373. The predicted octanol–water partition coefficient (Wildman–Crippen LogP) is -2.54. The number of unbranched alkanes of at least 4 members (excludes halogenated alkanes) is 1. The van der Waals surface area contributed by atoms with Crippen LogP contribution in [0.4, 0.5) is 0 Å². The molecule has 1 heterocycles. The minimum Gasteiger partial charge on any atom is -0.394 e. The third-order valence-electron chi connectivity index (χ3n) is 3.29. The van der Waals surface area contributed by atoms with E-state index in [1.807, 2.05) is 16.9 Å². The van der Waals surface area contributed by atoms with Gasteiger partial charge in [0.2, 0.25) is 0 Å². The summed E-state index contributed by atoms with van der Waals surface area (Å²) in [5.74, 6) is 0. The molecule has 0 aromatic carbocycles. The third-order valence-corrected chi connectivity index (χ3v) is 3.29. The SMILES string of the molecule is CCCCC(O)C(CO)(CO)n1c(=O)[nH]c(=O)[nH]c1=O. The first-order chi connectivity index (χ1) is 9.42. The van der Waals surface area contributed by atoms with Crippen molar-refractivity contribution in [3.63, 3.8) is 0 Å². The normalized spacial score (nSPS) is 13.4. The van der Waals surface area contributed by atoms with Crippen LogP contribution >= 0.6 is 0 Å². The van der Waals surface area contributed by atoms with Crippen LogP contribution in [0.25, 0.3) is 0 Å². The van der Waals surface area contributed by atoms with Gasteiger partial charge in [0.1, 0.15) is 5.54 Å². The Balaban J connectivity index is 3.44. The van der Waals surface area contributed by atoms with E-state index in [4.69, 9.17) is 0 Å². The number of rotatable bonds is 7. The fourth-order valence-corrected chi connectivity index (χ4v) is 2.05. The largest absolute Gasteiger partial charge is 0.394 e. The van der Waals surface area contributed by atoms with Crippen LogP contribution in [0, 0.1) is 0 Å². The molecule has 9 nitrogen and oxygen atoms in total. The summed E-state index contributed by atoms with van der Waals surface area (Å²) in [7, 11) is 0. The Hall–Kier alpha value is -1.71. The zero-order chi connectivity index (χ0) is 15.3. The van der Waals surface area contributed by atoms with E-state index in [0.717, 1.165) is 6.42 Å². The van der Waals surface area contributed by atoms with Crippen molar-refractivity contribution < 1.29 is 15.3 Å². The van der Waals surface area contributed by atoms with Crippen LogP contribution in [0.3, 0.4) is 0 Å². The van der Waals surface area contributed by atoms with Crippen molar-refractivity contribution in [2.75, 3.05) is 13.2 Å². The van der Waals surface area contributed by atoms with Crippen LogP contribution < -0.4 is 17.1 Å². The monoisotopic (exact) mass is 289 g/mol. The van der Waals surface area contributed by atoms with E-state index < -0.39 is 41.9 Å². The molecule has 0 amide bonds. The molecule has 0 aliphatic rings. The lowest BCUT2D eigenvalue weighted by Crippen LogP contribution is -2.62. The van der Waals surface area contributed by atoms with Crippen molar-refractivity contribution in [2.24, 2.45) is 0 Å². The highest BCUT2D eigenvalue weighted by molar-refractivity contribution is 4.94. The number of nitrogens with zero attached hydrogens (tertiary/aromatic N) is 1. The predicted molar refractivity (Wildman–Crippen MR) is 69.6 cm³/mol. The number of H-pyrrole nitrogens is 2. The summed E-state index contributed by atoms with van der Waals surface area (Å²) in [6.45, 7) is 0.220. The van der Waals surface area contributed by atoms with Gasteiger partial charge in [0, 0.05) is 0 Å². The van der Waals surface area contributed by atoms with Crippen molar-refractivity contribution in [1.82, 2.24) is 14.5 Å². The van der Waals surface area contributed by atoms with Gasteiger partial charge in [0.25, 0.3) is 0 Å². The number of nitrogens with one attached hydrogen (secondary N) is 2. The number of hydrogen-bond donors (Lipinski definition) is 5. The molecule has 1 atom stereocenters. The van der Waals surface area contributed by atoms with E-state index in [0.29, 0.717) is 11.0 Å². The van der Waals surface area contributed by atoms with Crippen molar-refractivity contribution >= 4 is 0 Å². The van der Waals surface area contributed by atoms with Crippen molar-refractivity contribution in [2.45, 2.75) is 37.8 Å². The van der Waals surface area contributed by atoms with Gasteiger partial charge in [0.05, 0.1) is 19.3 Å². The molecule has 0 spiro atoms. The summed E-state index contributed by atoms with van der Waals surface area (Å²) in [6, 6.07) is 0. The Bertz CT molecular complexity index is 563. The van der Waals surface area contributed by atoms with E-state index in [1.54, 1.807) is 0 Å². The van der Waals surface area contributed by atoms with Crippen LogP contribution in [0.2, 0.25) is 0 Å². The zero-order valence-corrected chi connectivity index (χ0v) is 11.1. The van der Waals surface area contributed by atoms with Gasteiger partial charge >= 0.3 is 17.1 Å². The Morgan fingerprint density at radius 1 is 1.15 bits per heavy atom. The summed E-state index contributed by atoms with van der Waals surface area (Å²) >= 11 is 0. The van der Waals surface area contributed by atoms with Gasteiger partial charge < -0.3 is 15.3 Å². The van der Waals surface area contributed by atoms with Crippen LogP contribution in [0.15, 0.2) is 14.4 Å². The molecule has 0 saturated heterocycles. The maximum atomic E-state index is 11.8. The third kappa shape index (κ3) is 2.89. The number of aromatic amines is 2. The molecule has 0 aliphatic carbocycles. The summed E-state index contributed by atoms with van der Waals surface area (Å²) in [4.78, 5) is 38.2. The lowest BCUT2D eigenvalue weighted by atomic mass is 9.90. The van der Waals surface area contributed by atoms with E-state index in [2.05, 4.69) is 0 Å². The van der Waals surface area contributed by atoms with Crippen molar-refractivity contribution in [3.05, 3.63) is 31.5 Å². The minimum atomic E-state index is -1.88. The van der Waals surface area contributed by atoms with Gasteiger partial charge in [-0.2, -0.15) is 0 Å². The van der Waals surface area contributed by atoms with Gasteiger partial charge in [-0.3, -0.25) is 9.97 Å². The molecule has 0 aliphatic heterocycles. The highest BCUT2D eigenvalue weighted by Gasteiger charge is 2.41. The minimum absolute atomic E-state index is 0.183. The van der Waals surface area contributed by atoms with Gasteiger partial charge in [-0.15, -0.1) is 0 Å². The maximum absolute atomic E-state index is 11.8. The van der Waals surface area contributed by atoms with Crippen LogP contribution in [-0.2, 0) is 5.54 Å². The van der Waals surface area contributed by atoms with Crippen molar-refractivity contribution in [1.29, 1.82) is 0 Å². The molecular weight excluding hydrogens is 270 g/mol. The Labute approximate surface area is 113 Å².